The molecule has 27 heteroatoms. The monoisotopic (exact) mass is 1130 g/mol. The lowest BCUT2D eigenvalue weighted by atomic mass is 9.97. The molecule has 19 atom stereocenters. The molecule has 4 fully saturated rings. The number of likely N-dealkylation sites (N-methyl/N-ethyl adjacent to an activating group) is 2. The van der Waals surface area contributed by atoms with Crippen molar-refractivity contribution in [1.29, 1.82) is 0 Å². The maximum Gasteiger partial charge on any atom is 0.332 e. The van der Waals surface area contributed by atoms with Crippen LogP contribution in [-0.4, -0.2) is 229 Å². The fraction of sp³-hybridized carbons (Fsp3) is 0.827. The summed E-state index contributed by atoms with van der Waals surface area (Å²) in [6.07, 6.45) is -12.0. The molecule has 4 aliphatic heterocycles. The highest BCUT2D eigenvalue weighted by Gasteiger charge is 2.57. The first kappa shape index (κ1) is 65.3. The first-order valence-electron chi connectivity index (χ1n) is 27.2. The van der Waals surface area contributed by atoms with Gasteiger partial charge in [0.05, 0.1) is 19.6 Å². The molecule has 0 aromatic carbocycles. The number of nitrogens with two attached hydrogens (primary N) is 1. The fourth-order valence-corrected chi connectivity index (χ4v) is 10.8. The summed E-state index contributed by atoms with van der Waals surface area (Å²) < 4.78 is 64.2. The Morgan fingerprint density at radius 1 is 0.759 bits per heavy atom. The van der Waals surface area contributed by atoms with E-state index in [-0.39, 0.29) is 25.8 Å². The van der Waals surface area contributed by atoms with Crippen molar-refractivity contribution in [3.8, 4) is 0 Å². The number of esters is 4. The van der Waals surface area contributed by atoms with Crippen molar-refractivity contribution in [2.75, 3.05) is 55.6 Å². The van der Waals surface area contributed by atoms with E-state index in [0.29, 0.717) is 6.42 Å². The van der Waals surface area contributed by atoms with Gasteiger partial charge in [0, 0.05) is 66.6 Å². The summed E-state index contributed by atoms with van der Waals surface area (Å²) in [7, 11) is 8.10. The second kappa shape index (κ2) is 31.1. The molecule has 0 spiro atoms. The van der Waals surface area contributed by atoms with Crippen molar-refractivity contribution in [2.24, 2.45) is 11.7 Å². The molecule has 4 saturated heterocycles. The van der Waals surface area contributed by atoms with E-state index < -0.39 is 170 Å². The third kappa shape index (κ3) is 16.8. The molecule has 1 aromatic rings. The Morgan fingerprint density at radius 3 is 1.97 bits per heavy atom. The van der Waals surface area contributed by atoms with E-state index in [4.69, 9.17) is 57.8 Å². The van der Waals surface area contributed by atoms with Gasteiger partial charge in [-0.2, -0.15) is 0 Å². The average molecular weight is 1130 g/mol. The van der Waals surface area contributed by atoms with E-state index in [1.165, 1.54) is 46.7 Å². The lowest BCUT2D eigenvalue weighted by Gasteiger charge is -2.43. The molecule has 0 aliphatic carbocycles. The van der Waals surface area contributed by atoms with Crippen LogP contribution in [0.15, 0.2) is 21.9 Å². The van der Waals surface area contributed by atoms with Crippen LogP contribution in [0.5, 0.6) is 0 Å². The van der Waals surface area contributed by atoms with Gasteiger partial charge in [-0.05, 0) is 32.7 Å². The normalized spacial score (nSPS) is 32.5. The first-order valence-corrected chi connectivity index (χ1v) is 27.2. The number of ether oxygens (including phenoxy) is 11. The predicted octanol–water partition coefficient (Wildman–Crippen LogP) is -0.856. The zero-order chi connectivity index (χ0) is 58.2. The molecule has 0 radical (unpaired) electrons. The van der Waals surface area contributed by atoms with Gasteiger partial charge in [0.2, 0.25) is 12.2 Å². The number of carbonyl (C=O) groups is 5. The first-order chi connectivity index (χ1) is 37.6. The third-order valence-electron chi connectivity index (χ3n) is 15.1. The number of nitrogens with zero attached hydrogens (tertiary/aromatic N) is 3. The van der Waals surface area contributed by atoms with Crippen LogP contribution in [0.2, 0.25) is 0 Å². The van der Waals surface area contributed by atoms with Crippen molar-refractivity contribution >= 4 is 29.8 Å². The van der Waals surface area contributed by atoms with E-state index in [9.17, 15) is 54.0 Å². The minimum atomic E-state index is -1.94. The maximum absolute atomic E-state index is 14.9. The molecule has 1 aromatic heterocycles. The van der Waals surface area contributed by atoms with Crippen LogP contribution in [0.25, 0.3) is 0 Å². The summed E-state index contributed by atoms with van der Waals surface area (Å²) >= 11 is 0. The number of rotatable bonds is 29. The van der Waals surface area contributed by atoms with Crippen molar-refractivity contribution in [3.05, 3.63) is 33.1 Å². The minimum Gasteiger partial charge on any atom is -0.467 e. The number of nitrogens with one attached hydrogen (secondary N) is 1. The van der Waals surface area contributed by atoms with Gasteiger partial charge >= 0.3 is 29.6 Å². The van der Waals surface area contributed by atoms with E-state index in [1.807, 2.05) is 4.98 Å². The van der Waals surface area contributed by atoms with Crippen LogP contribution in [-0.2, 0) is 76.1 Å². The van der Waals surface area contributed by atoms with Crippen LogP contribution in [0.1, 0.15) is 110 Å². The summed E-state index contributed by atoms with van der Waals surface area (Å²) in [4.78, 5) is 98.7. The molecule has 1 amide bonds. The van der Waals surface area contributed by atoms with Crippen LogP contribution in [0.4, 0.5) is 0 Å². The number of H-pyrrole nitrogens is 1. The highest BCUT2D eigenvalue weighted by atomic mass is 16.7. The van der Waals surface area contributed by atoms with Gasteiger partial charge in [-0.3, -0.25) is 38.4 Å². The summed E-state index contributed by atoms with van der Waals surface area (Å²) in [6, 6.07) is -2.29. The van der Waals surface area contributed by atoms with Crippen molar-refractivity contribution in [3.63, 3.8) is 0 Å². The number of carbonyl (C=O) groups excluding carboxylic acids is 5. The molecular weight excluding hydrogens is 1050 g/mol. The number of amides is 1. The van der Waals surface area contributed by atoms with Crippen LogP contribution in [0, 0.1) is 5.92 Å². The van der Waals surface area contributed by atoms with Crippen LogP contribution in [0.3, 0.4) is 0 Å². The highest BCUT2D eigenvalue weighted by molar-refractivity contribution is 5.89. The lowest BCUT2D eigenvalue weighted by molar-refractivity contribution is -0.297. The van der Waals surface area contributed by atoms with Crippen molar-refractivity contribution < 1.29 is 96.5 Å². The van der Waals surface area contributed by atoms with E-state index >= 15 is 0 Å². The van der Waals surface area contributed by atoms with Gasteiger partial charge in [-0.1, -0.05) is 65.2 Å². The molecular formula is C52H85N5O22. The van der Waals surface area contributed by atoms with Crippen LogP contribution >= 0.6 is 0 Å². The molecule has 0 bridgehead atoms. The topological polar surface area (TPSA) is 355 Å². The second-order valence-corrected chi connectivity index (χ2v) is 20.9. The van der Waals surface area contributed by atoms with E-state index in [0.717, 1.165) is 73.8 Å². The number of unbranched alkanes of at least 4 members (excludes halogenated alkanes) is 8. The molecule has 79 heavy (non-hydrogen) atoms. The molecule has 0 saturated carbocycles. The Kier molecular flexibility index (Phi) is 25.7. The number of methoxy groups -OCH3 is 4. The number of aliphatic hydroxyl groups is 4. The van der Waals surface area contributed by atoms with Crippen LogP contribution < -0.4 is 17.0 Å². The molecule has 27 nitrogen and oxygen atoms in total. The van der Waals surface area contributed by atoms with Gasteiger partial charge in [-0.25, -0.2) is 9.59 Å². The largest absolute Gasteiger partial charge is 0.467 e. The Balaban J connectivity index is 1.35. The number of aromatic nitrogens is 2. The number of hydrogen-bond donors (Lipinski definition) is 6. The quantitative estimate of drug-likeness (QED) is 0.0323. The summed E-state index contributed by atoms with van der Waals surface area (Å²) in [5.74, 6) is -4.79. The standard InChI is InChI=1S/C52H85N5O22/c1-10-11-12-13-14-15-16-17-18-19-29(74-33(59)22-27(2)23-34(60)77-51-46(71-8)45(70-7)42(69-6)28(3)73-51)24-35(61)75-31-26-55(4)37(47(66)56(5)36(31)49(67)72-9)43(79-50-41(65)38(62)30(25-53)76-50)44-39(63)40(64)48(78-44)57-21-20-32(58)54-52(57)68/h20-21,27-31,36-46,48,50-51,62-65H,10-19,22-26,53H2,1-9H3,(H,54,58,68). The van der Waals surface area contributed by atoms with E-state index in [1.54, 1.807) is 13.8 Å². The SMILES string of the molecule is CCCCCCCCCCCC(CC(=O)OC1CN(C)C(C(OC2OC(CN)C(O)C2O)C2OC(n3ccc(=O)[nH]c3=O)C(O)C2O)C(=O)N(C)C1C(=O)OC)OC(=O)CC(C)CC(=O)OC1OC(C)C(OC)C(OC)C1OC. The van der Waals surface area contributed by atoms with Gasteiger partial charge in [0.15, 0.2) is 18.6 Å². The fourth-order valence-electron chi connectivity index (χ4n) is 10.8. The smallest absolute Gasteiger partial charge is 0.332 e. The van der Waals surface area contributed by atoms with Gasteiger partial charge < -0.3 is 83.2 Å². The Bertz CT molecular complexity index is 2240. The summed E-state index contributed by atoms with van der Waals surface area (Å²) in [5, 5.41) is 44.7. The Hall–Kier alpha value is -4.49. The summed E-state index contributed by atoms with van der Waals surface area (Å²) in [6.45, 7) is 4.87. The third-order valence-corrected chi connectivity index (χ3v) is 15.1. The highest BCUT2D eigenvalue weighted by Crippen LogP contribution is 2.37. The van der Waals surface area contributed by atoms with Crippen molar-refractivity contribution in [1.82, 2.24) is 19.4 Å². The van der Waals surface area contributed by atoms with Gasteiger partial charge in [-0.15, -0.1) is 0 Å². The average Bonchev–Trinajstić information content (AvgIpc) is 3.84. The molecule has 5 rings (SSSR count). The molecule has 7 N–H and O–H groups in total. The Morgan fingerprint density at radius 2 is 1.38 bits per heavy atom. The number of aromatic amines is 1. The predicted molar refractivity (Wildman–Crippen MR) is 274 cm³/mol. The minimum absolute atomic E-state index is 0.203. The number of hydrogen-bond acceptors (Lipinski definition) is 24. The molecule has 450 valence electrons. The zero-order valence-corrected chi connectivity index (χ0v) is 46.8. The Labute approximate surface area is 459 Å². The zero-order valence-electron chi connectivity index (χ0n) is 46.8. The number of aliphatic hydroxyl groups excluding tert-OH is 4. The second-order valence-electron chi connectivity index (χ2n) is 20.9. The molecule has 5 heterocycles. The molecule has 19 unspecified atom stereocenters. The molecule has 4 aliphatic rings. The summed E-state index contributed by atoms with van der Waals surface area (Å²) in [5.41, 5.74) is 3.99. The van der Waals surface area contributed by atoms with Crippen molar-refractivity contribution in [2.45, 2.75) is 214 Å². The van der Waals surface area contributed by atoms with Gasteiger partial charge in [0.1, 0.15) is 79.3 Å². The van der Waals surface area contributed by atoms with E-state index in [2.05, 4.69) is 6.92 Å². The van der Waals surface area contributed by atoms with Gasteiger partial charge in [0.25, 0.3) is 5.56 Å². The lowest BCUT2D eigenvalue weighted by Crippen LogP contribution is -2.59. The maximum atomic E-state index is 14.9.